The summed E-state index contributed by atoms with van der Waals surface area (Å²) < 4.78 is 5.62. The molecular formula is C11H19N5O. The average Bonchev–Trinajstić information content (AvgIpc) is 2.27. The molecule has 94 valence electrons. The predicted molar refractivity (Wildman–Crippen MR) is 66.6 cm³/mol. The molecule has 0 radical (unpaired) electrons. The van der Waals surface area contributed by atoms with Gasteiger partial charge in [0.15, 0.2) is 0 Å². The highest BCUT2D eigenvalue weighted by Gasteiger charge is 2.19. The standard InChI is InChI=1S/C11H19N5O/c1-16-5-3-2-4-8(16)7-17-10-6-9(12)14-11(13)15-10/h6,8H,2-5,7H2,1H3,(H4,12,13,14,15). The number of aromatic nitrogens is 2. The number of rotatable bonds is 3. The molecule has 1 atom stereocenters. The molecular weight excluding hydrogens is 218 g/mol. The second-order valence-corrected chi connectivity index (χ2v) is 4.43. The van der Waals surface area contributed by atoms with Gasteiger partial charge >= 0.3 is 0 Å². The number of nitrogen functional groups attached to an aromatic ring is 2. The molecule has 1 aromatic rings. The van der Waals surface area contributed by atoms with E-state index >= 15 is 0 Å². The zero-order valence-corrected chi connectivity index (χ0v) is 10.1. The molecule has 1 unspecified atom stereocenters. The van der Waals surface area contributed by atoms with Crippen LogP contribution in [0.5, 0.6) is 5.88 Å². The van der Waals surface area contributed by atoms with Gasteiger partial charge in [0.2, 0.25) is 11.8 Å². The van der Waals surface area contributed by atoms with Gasteiger partial charge in [-0.25, -0.2) is 0 Å². The van der Waals surface area contributed by atoms with Crippen LogP contribution in [0.25, 0.3) is 0 Å². The predicted octanol–water partition coefficient (Wildman–Crippen LogP) is 0.504. The Labute approximate surface area is 101 Å². The molecule has 0 bridgehead atoms. The first-order chi connectivity index (χ1) is 8.15. The fourth-order valence-electron chi connectivity index (χ4n) is 2.07. The quantitative estimate of drug-likeness (QED) is 0.795. The van der Waals surface area contributed by atoms with Gasteiger partial charge in [0.25, 0.3) is 0 Å². The summed E-state index contributed by atoms with van der Waals surface area (Å²) in [6, 6.07) is 2.04. The molecule has 4 N–H and O–H groups in total. The number of ether oxygens (including phenoxy) is 1. The van der Waals surface area contributed by atoms with Crippen LogP contribution in [0.15, 0.2) is 6.07 Å². The highest BCUT2D eigenvalue weighted by Crippen LogP contribution is 2.17. The summed E-state index contributed by atoms with van der Waals surface area (Å²) in [6.45, 7) is 1.74. The summed E-state index contributed by atoms with van der Waals surface area (Å²) in [5, 5.41) is 0. The van der Waals surface area contributed by atoms with Crippen LogP contribution in [0, 0.1) is 0 Å². The number of nitrogens with two attached hydrogens (primary N) is 2. The van der Waals surface area contributed by atoms with E-state index in [9.17, 15) is 0 Å². The first-order valence-electron chi connectivity index (χ1n) is 5.88. The van der Waals surface area contributed by atoms with E-state index in [4.69, 9.17) is 16.2 Å². The van der Waals surface area contributed by atoms with Crippen molar-refractivity contribution in [1.29, 1.82) is 0 Å². The van der Waals surface area contributed by atoms with Crippen LogP contribution in [0.4, 0.5) is 11.8 Å². The first kappa shape index (κ1) is 11.9. The van der Waals surface area contributed by atoms with Gasteiger partial charge in [0.1, 0.15) is 12.4 Å². The van der Waals surface area contributed by atoms with E-state index in [1.165, 1.54) is 12.8 Å². The van der Waals surface area contributed by atoms with Crippen molar-refractivity contribution in [2.75, 3.05) is 31.7 Å². The third-order valence-corrected chi connectivity index (χ3v) is 3.08. The summed E-state index contributed by atoms with van der Waals surface area (Å²) in [6.07, 6.45) is 3.68. The third kappa shape index (κ3) is 3.20. The lowest BCUT2D eigenvalue weighted by Crippen LogP contribution is -2.40. The lowest BCUT2D eigenvalue weighted by molar-refractivity contribution is 0.122. The smallest absolute Gasteiger partial charge is 0.225 e. The van der Waals surface area contributed by atoms with Crippen LogP contribution in [-0.2, 0) is 0 Å². The zero-order valence-electron chi connectivity index (χ0n) is 10.1. The minimum absolute atomic E-state index is 0.150. The van der Waals surface area contributed by atoms with E-state index in [-0.39, 0.29) is 5.95 Å². The van der Waals surface area contributed by atoms with E-state index in [1.807, 2.05) is 0 Å². The SMILES string of the molecule is CN1CCCCC1COc1cc(N)nc(N)n1. The molecule has 6 heteroatoms. The Kier molecular flexibility index (Phi) is 3.63. The largest absolute Gasteiger partial charge is 0.476 e. The number of hydrogen-bond donors (Lipinski definition) is 2. The summed E-state index contributed by atoms with van der Waals surface area (Å²) in [7, 11) is 2.12. The van der Waals surface area contributed by atoms with E-state index in [0.717, 1.165) is 13.0 Å². The fourth-order valence-corrected chi connectivity index (χ4v) is 2.07. The minimum atomic E-state index is 0.150. The molecule has 17 heavy (non-hydrogen) atoms. The summed E-state index contributed by atoms with van der Waals surface area (Å²) in [4.78, 5) is 10.1. The normalized spacial score (nSPS) is 21.4. The minimum Gasteiger partial charge on any atom is -0.476 e. The lowest BCUT2D eigenvalue weighted by atomic mass is 10.0. The number of hydrogen-bond acceptors (Lipinski definition) is 6. The number of likely N-dealkylation sites (N-methyl/N-ethyl adjacent to an activating group) is 1. The summed E-state index contributed by atoms with van der Waals surface area (Å²) in [5.74, 6) is 0.940. The van der Waals surface area contributed by atoms with Crippen LogP contribution >= 0.6 is 0 Å². The molecule has 6 nitrogen and oxygen atoms in total. The lowest BCUT2D eigenvalue weighted by Gasteiger charge is -2.31. The molecule has 0 amide bonds. The molecule has 2 heterocycles. The Bertz CT molecular complexity index is 364. The number of likely N-dealkylation sites (tertiary alicyclic amines) is 1. The van der Waals surface area contributed by atoms with Gasteiger partial charge in [-0.1, -0.05) is 6.42 Å². The van der Waals surface area contributed by atoms with Crippen molar-refractivity contribution in [2.45, 2.75) is 25.3 Å². The van der Waals surface area contributed by atoms with Crippen molar-refractivity contribution in [3.8, 4) is 5.88 Å². The van der Waals surface area contributed by atoms with Gasteiger partial charge in [-0.2, -0.15) is 9.97 Å². The van der Waals surface area contributed by atoms with Gasteiger partial charge in [-0.05, 0) is 26.4 Å². The summed E-state index contributed by atoms with van der Waals surface area (Å²) in [5.41, 5.74) is 11.1. The molecule has 2 rings (SSSR count). The molecule has 1 aliphatic rings. The van der Waals surface area contributed by atoms with Crippen LogP contribution in [0.2, 0.25) is 0 Å². The molecule has 1 fully saturated rings. The van der Waals surface area contributed by atoms with Crippen LogP contribution in [-0.4, -0.2) is 41.1 Å². The maximum Gasteiger partial charge on any atom is 0.225 e. The Balaban J connectivity index is 1.92. The van der Waals surface area contributed by atoms with Gasteiger partial charge in [0.05, 0.1) is 0 Å². The molecule has 0 saturated carbocycles. The molecule has 1 saturated heterocycles. The number of nitrogens with zero attached hydrogens (tertiary/aromatic N) is 3. The van der Waals surface area contributed by atoms with Gasteiger partial charge in [-0.15, -0.1) is 0 Å². The van der Waals surface area contributed by atoms with Crippen molar-refractivity contribution in [1.82, 2.24) is 14.9 Å². The van der Waals surface area contributed by atoms with Crippen molar-refractivity contribution in [3.05, 3.63) is 6.07 Å². The second kappa shape index (κ2) is 5.18. The van der Waals surface area contributed by atoms with E-state index in [1.54, 1.807) is 6.07 Å². The molecule has 0 spiro atoms. The summed E-state index contributed by atoms with van der Waals surface area (Å²) >= 11 is 0. The monoisotopic (exact) mass is 237 g/mol. The van der Waals surface area contributed by atoms with Crippen LogP contribution < -0.4 is 16.2 Å². The van der Waals surface area contributed by atoms with Crippen LogP contribution in [0.1, 0.15) is 19.3 Å². The Hall–Kier alpha value is -1.56. The van der Waals surface area contributed by atoms with Gasteiger partial charge < -0.3 is 21.1 Å². The van der Waals surface area contributed by atoms with Crippen molar-refractivity contribution < 1.29 is 4.74 Å². The average molecular weight is 237 g/mol. The molecule has 0 aromatic carbocycles. The van der Waals surface area contributed by atoms with E-state index in [2.05, 4.69) is 21.9 Å². The highest BCUT2D eigenvalue weighted by atomic mass is 16.5. The Morgan fingerprint density at radius 1 is 1.41 bits per heavy atom. The van der Waals surface area contributed by atoms with E-state index < -0.39 is 0 Å². The molecule has 0 aliphatic carbocycles. The zero-order chi connectivity index (χ0) is 12.3. The van der Waals surface area contributed by atoms with Crippen molar-refractivity contribution >= 4 is 11.8 Å². The molecule has 1 aromatic heterocycles. The highest BCUT2D eigenvalue weighted by molar-refractivity contribution is 5.38. The van der Waals surface area contributed by atoms with Crippen LogP contribution in [0.3, 0.4) is 0 Å². The maximum atomic E-state index is 5.62. The van der Waals surface area contributed by atoms with Crippen molar-refractivity contribution in [2.24, 2.45) is 0 Å². The maximum absolute atomic E-state index is 5.62. The topological polar surface area (TPSA) is 90.3 Å². The third-order valence-electron chi connectivity index (χ3n) is 3.08. The van der Waals surface area contributed by atoms with Gasteiger partial charge in [0, 0.05) is 12.1 Å². The fraction of sp³-hybridized carbons (Fsp3) is 0.636. The van der Waals surface area contributed by atoms with E-state index in [0.29, 0.717) is 24.3 Å². The number of anilines is 2. The first-order valence-corrected chi connectivity index (χ1v) is 5.88. The Morgan fingerprint density at radius 3 is 2.94 bits per heavy atom. The molecule has 1 aliphatic heterocycles. The Morgan fingerprint density at radius 2 is 2.24 bits per heavy atom. The van der Waals surface area contributed by atoms with Gasteiger partial charge in [-0.3, -0.25) is 0 Å². The number of piperidine rings is 1. The van der Waals surface area contributed by atoms with Crippen molar-refractivity contribution in [3.63, 3.8) is 0 Å². The second-order valence-electron chi connectivity index (χ2n) is 4.43.